The molecule has 0 spiro atoms. The molecule has 0 unspecified atom stereocenters. The van der Waals surface area contributed by atoms with Crippen molar-refractivity contribution in [2.75, 3.05) is 6.54 Å². The monoisotopic (exact) mass is 327 g/mol. The van der Waals surface area contributed by atoms with E-state index in [1.807, 2.05) is 17.0 Å². The number of unbranched alkanes of at least 4 members (excludes halogenated alkanes) is 3. The summed E-state index contributed by atoms with van der Waals surface area (Å²) in [5.41, 5.74) is 1.67. The first kappa shape index (κ1) is 17.8. The highest BCUT2D eigenvalue weighted by Gasteiger charge is 2.04. The number of aromatic nitrogens is 4. The van der Waals surface area contributed by atoms with Crippen molar-refractivity contribution in [3.05, 3.63) is 54.6 Å². The molecule has 0 aromatic carbocycles. The third-order valence-electron chi connectivity index (χ3n) is 3.72. The minimum Gasteiger partial charge on any atom is -0.352 e. The molecule has 0 aliphatic heterocycles. The van der Waals surface area contributed by atoms with Gasteiger partial charge < -0.3 is 5.32 Å². The van der Waals surface area contributed by atoms with E-state index in [0.29, 0.717) is 12.1 Å². The van der Waals surface area contributed by atoms with Crippen LogP contribution in [-0.4, -0.2) is 32.4 Å². The minimum absolute atomic E-state index is 0.0730. The summed E-state index contributed by atoms with van der Waals surface area (Å²) in [5, 5.41) is 11.2. The Morgan fingerprint density at radius 2 is 2.04 bits per heavy atom. The Morgan fingerprint density at radius 1 is 1.21 bits per heavy atom. The second-order valence-electron chi connectivity index (χ2n) is 5.71. The van der Waals surface area contributed by atoms with Crippen LogP contribution in [0.5, 0.6) is 0 Å². The Morgan fingerprint density at radius 3 is 2.83 bits per heavy atom. The normalized spacial score (nSPS) is 10.5. The molecule has 2 rings (SSSR count). The van der Waals surface area contributed by atoms with E-state index in [1.54, 1.807) is 24.5 Å². The number of rotatable bonds is 11. The molecule has 1 N–H and O–H groups in total. The van der Waals surface area contributed by atoms with E-state index in [9.17, 15) is 4.79 Å². The highest BCUT2D eigenvalue weighted by atomic mass is 16.1. The lowest BCUT2D eigenvalue weighted by Crippen LogP contribution is -2.25. The van der Waals surface area contributed by atoms with Crippen molar-refractivity contribution in [2.24, 2.45) is 0 Å². The Balaban J connectivity index is 1.61. The number of amides is 1. The lowest BCUT2D eigenvalue weighted by Gasteiger charge is -2.04. The van der Waals surface area contributed by atoms with E-state index >= 15 is 0 Å². The molecule has 2 aromatic rings. The summed E-state index contributed by atoms with van der Waals surface area (Å²) in [6.45, 7) is 5.09. The molecule has 24 heavy (non-hydrogen) atoms. The molecule has 0 aliphatic rings. The zero-order valence-electron chi connectivity index (χ0n) is 14.0. The van der Waals surface area contributed by atoms with E-state index in [1.165, 1.54) is 12.8 Å². The number of carbonyl (C=O) groups excluding carboxylic acids is 1. The van der Waals surface area contributed by atoms with Crippen LogP contribution in [0.25, 0.3) is 0 Å². The van der Waals surface area contributed by atoms with E-state index in [-0.39, 0.29) is 5.91 Å². The van der Waals surface area contributed by atoms with Crippen LogP contribution in [0.2, 0.25) is 0 Å². The largest absolute Gasteiger partial charge is 0.352 e. The maximum atomic E-state index is 11.9. The molecular formula is C18H25N5O. The standard InChI is InChI=1S/C18H25N5O/c1-2-3-4-5-6-8-17-15-23(22-21-17)14-7-11-20-18(24)16-9-12-19-13-10-16/h2,9-10,12-13,15H,1,3-8,11,14H2,(H,20,24). The molecule has 0 aliphatic carbocycles. The molecule has 0 atom stereocenters. The summed E-state index contributed by atoms with van der Waals surface area (Å²) in [5.74, 6) is -0.0730. The predicted molar refractivity (Wildman–Crippen MR) is 93.6 cm³/mol. The molecule has 0 radical (unpaired) electrons. The summed E-state index contributed by atoms with van der Waals surface area (Å²) < 4.78 is 1.84. The zero-order chi connectivity index (χ0) is 17.0. The molecule has 2 aromatic heterocycles. The summed E-state index contributed by atoms with van der Waals surface area (Å²) in [6.07, 6.45) is 13.6. The van der Waals surface area contributed by atoms with Gasteiger partial charge in [-0.3, -0.25) is 14.5 Å². The summed E-state index contributed by atoms with van der Waals surface area (Å²) >= 11 is 0. The second kappa shape index (κ2) is 10.3. The van der Waals surface area contributed by atoms with Gasteiger partial charge >= 0.3 is 0 Å². The number of carbonyl (C=O) groups is 1. The van der Waals surface area contributed by atoms with Gasteiger partial charge in [0.05, 0.1) is 5.69 Å². The third kappa shape index (κ3) is 6.32. The third-order valence-corrected chi connectivity index (χ3v) is 3.72. The summed E-state index contributed by atoms with van der Waals surface area (Å²) in [4.78, 5) is 15.8. The van der Waals surface area contributed by atoms with Crippen molar-refractivity contribution in [3.63, 3.8) is 0 Å². The molecule has 0 fully saturated rings. The highest BCUT2D eigenvalue weighted by molar-refractivity contribution is 5.93. The molecule has 1 amide bonds. The summed E-state index contributed by atoms with van der Waals surface area (Å²) in [6, 6.07) is 3.40. The number of nitrogens with one attached hydrogen (secondary N) is 1. The Bertz CT molecular complexity index is 623. The molecule has 128 valence electrons. The van der Waals surface area contributed by atoms with Gasteiger partial charge in [0.25, 0.3) is 5.91 Å². The van der Waals surface area contributed by atoms with Gasteiger partial charge in [-0.15, -0.1) is 11.7 Å². The van der Waals surface area contributed by atoms with Crippen molar-refractivity contribution < 1.29 is 4.79 Å². The number of nitrogens with zero attached hydrogens (tertiary/aromatic N) is 4. The van der Waals surface area contributed by atoms with Crippen molar-refractivity contribution in [1.82, 2.24) is 25.3 Å². The van der Waals surface area contributed by atoms with Crippen LogP contribution < -0.4 is 5.32 Å². The zero-order valence-corrected chi connectivity index (χ0v) is 14.0. The van der Waals surface area contributed by atoms with Crippen molar-refractivity contribution in [1.29, 1.82) is 0 Å². The lowest BCUT2D eigenvalue weighted by molar-refractivity contribution is 0.0952. The van der Waals surface area contributed by atoms with E-state index in [2.05, 4.69) is 27.2 Å². The smallest absolute Gasteiger partial charge is 0.251 e. The maximum Gasteiger partial charge on any atom is 0.251 e. The van der Waals surface area contributed by atoms with E-state index in [4.69, 9.17) is 0 Å². The number of hydrogen-bond acceptors (Lipinski definition) is 4. The number of allylic oxidation sites excluding steroid dienone is 1. The minimum atomic E-state index is -0.0730. The van der Waals surface area contributed by atoms with Gasteiger partial charge in [-0.05, 0) is 44.2 Å². The molecule has 6 nitrogen and oxygen atoms in total. The predicted octanol–water partition coefficient (Wildman–Crippen LogP) is 2.78. The van der Waals surface area contributed by atoms with Crippen molar-refractivity contribution in [2.45, 2.75) is 45.1 Å². The number of aryl methyl sites for hydroxylation is 2. The summed E-state index contributed by atoms with van der Waals surface area (Å²) in [7, 11) is 0. The van der Waals surface area contributed by atoms with Crippen LogP contribution >= 0.6 is 0 Å². The van der Waals surface area contributed by atoms with Gasteiger partial charge in [0.1, 0.15) is 0 Å². The Hall–Kier alpha value is -2.50. The number of pyridine rings is 1. The fourth-order valence-corrected chi connectivity index (χ4v) is 2.38. The SMILES string of the molecule is C=CCCCCCc1cn(CCCNC(=O)c2ccncc2)nn1. The maximum absolute atomic E-state index is 11.9. The van der Waals surface area contributed by atoms with Gasteiger partial charge in [-0.1, -0.05) is 17.7 Å². The molecular weight excluding hydrogens is 302 g/mol. The van der Waals surface area contributed by atoms with Gasteiger partial charge in [0.15, 0.2) is 0 Å². The number of hydrogen-bond donors (Lipinski definition) is 1. The van der Waals surface area contributed by atoms with Gasteiger partial charge in [-0.25, -0.2) is 0 Å². The average molecular weight is 327 g/mol. The first-order valence-corrected chi connectivity index (χ1v) is 8.47. The van der Waals surface area contributed by atoms with E-state index in [0.717, 1.165) is 37.9 Å². The van der Waals surface area contributed by atoms with Gasteiger partial charge in [0.2, 0.25) is 0 Å². The van der Waals surface area contributed by atoms with Crippen LogP contribution in [-0.2, 0) is 13.0 Å². The fraction of sp³-hybridized carbons (Fsp3) is 0.444. The van der Waals surface area contributed by atoms with Gasteiger partial charge in [-0.2, -0.15) is 0 Å². The molecule has 0 bridgehead atoms. The molecule has 0 saturated heterocycles. The topological polar surface area (TPSA) is 72.7 Å². The molecule has 2 heterocycles. The quantitative estimate of drug-likeness (QED) is 0.509. The first-order chi connectivity index (χ1) is 11.8. The van der Waals surface area contributed by atoms with Crippen LogP contribution in [0.4, 0.5) is 0 Å². The lowest BCUT2D eigenvalue weighted by atomic mass is 10.1. The Kier molecular flexibility index (Phi) is 7.67. The van der Waals surface area contributed by atoms with Crippen molar-refractivity contribution in [3.8, 4) is 0 Å². The molecule has 0 saturated carbocycles. The van der Waals surface area contributed by atoms with Crippen LogP contribution in [0.3, 0.4) is 0 Å². The first-order valence-electron chi connectivity index (χ1n) is 8.47. The van der Waals surface area contributed by atoms with E-state index < -0.39 is 0 Å². The van der Waals surface area contributed by atoms with Gasteiger partial charge in [0, 0.05) is 37.2 Å². The van der Waals surface area contributed by atoms with Crippen LogP contribution in [0.1, 0.15) is 48.2 Å². The average Bonchev–Trinajstić information content (AvgIpc) is 3.07. The second-order valence-corrected chi connectivity index (χ2v) is 5.71. The van der Waals surface area contributed by atoms with Crippen LogP contribution in [0.15, 0.2) is 43.4 Å². The molecule has 6 heteroatoms. The Labute approximate surface area is 143 Å². The van der Waals surface area contributed by atoms with Crippen LogP contribution in [0, 0.1) is 0 Å². The highest BCUT2D eigenvalue weighted by Crippen LogP contribution is 2.05. The fourth-order valence-electron chi connectivity index (χ4n) is 2.38. The van der Waals surface area contributed by atoms with Crippen molar-refractivity contribution >= 4 is 5.91 Å².